The van der Waals surface area contributed by atoms with Crippen LogP contribution >= 0.6 is 0 Å². The van der Waals surface area contributed by atoms with E-state index in [4.69, 9.17) is 4.42 Å². The molecule has 35 heavy (non-hydrogen) atoms. The smallest absolute Gasteiger partial charge is 0.294 e. The van der Waals surface area contributed by atoms with Crippen LogP contribution in [0.5, 0.6) is 0 Å². The molecule has 0 atom stereocenters. The molecule has 2 heterocycles. The van der Waals surface area contributed by atoms with Gasteiger partial charge < -0.3 is 15.1 Å². The average Bonchev–Trinajstić information content (AvgIpc) is 3.38. The van der Waals surface area contributed by atoms with Crippen molar-refractivity contribution in [3.8, 4) is 5.69 Å². The zero-order chi connectivity index (χ0) is 24.9. The van der Waals surface area contributed by atoms with Crippen LogP contribution in [0.1, 0.15) is 32.3 Å². The van der Waals surface area contributed by atoms with Crippen molar-refractivity contribution in [3.63, 3.8) is 0 Å². The molecule has 0 spiro atoms. The molecular weight excluding hydrogens is 454 g/mol. The first-order valence-electron chi connectivity index (χ1n) is 10.4. The minimum absolute atomic E-state index is 0.0454. The fraction of sp³-hybridized carbons (Fsp3) is 0.0833. The molecule has 2 aromatic carbocycles. The van der Waals surface area contributed by atoms with E-state index >= 15 is 0 Å². The fourth-order valence-corrected chi connectivity index (χ4v) is 3.37. The Balaban J connectivity index is 1.52. The maximum atomic E-state index is 12.8. The molecule has 176 valence electrons. The maximum Gasteiger partial charge on any atom is 0.294 e. The molecule has 11 nitrogen and oxygen atoms in total. The Morgan fingerprint density at radius 1 is 1.06 bits per heavy atom. The highest BCUT2D eigenvalue weighted by Crippen LogP contribution is 2.22. The summed E-state index contributed by atoms with van der Waals surface area (Å²) in [5.41, 5.74) is 0.369. The van der Waals surface area contributed by atoms with E-state index < -0.39 is 27.9 Å². The van der Waals surface area contributed by atoms with Crippen LogP contribution in [0.2, 0.25) is 0 Å². The number of nitro groups is 1. The van der Waals surface area contributed by atoms with Gasteiger partial charge in [0.05, 0.1) is 11.2 Å². The number of benzene rings is 2. The summed E-state index contributed by atoms with van der Waals surface area (Å²) in [5, 5.41) is 20.8. The number of para-hydroxylation sites is 2. The van der Waals surface area contributed by atoms with E-state index in [1.165, 1.54) is 41.3 Å². The molecule has 0 saturated heterocycles. The van der Waals surface area contributed by atoms with Crippen LogP contribution in [0.4, 0.5) is 11.4 Å². The van der Waals surface area contributed by atoms with Crippen molar-refractivity contribution in [2.24, 2.45) is 0 Å². The summed E-state index contributed by atoms with van der Waals surface area (Å²) in [6.45, 7) is 1.61. The molecule has 2 aromatic heterocycles. The number of nitrogens with zero attached hydrogens (tertiary/aromatic N) is 3. The van der Waals surface area contributed by atoms with E-state index in [9.17, 15) is 24.5 Å². The van der Waals surface area contributed by atoms with Crippen molar-refractivity contribution in [2.75, 3.05) is 5.32 Å². The van der Waals surface area contributed by atoms with Crippen molar-refractivity contribution in [2.45, 2.75) is 13.5 Å². The van der Waals surface area contributed by atoms with Gasteiger partial charge in [0.2, 0.25) is 5.43 Å². The summed E-state index contributed by atoms with van der Waals surface area (Å²) in [4.78, 5) is 48.2. The lowest BCUT2D eigenvalue weighted by Gasteiger charge is -2.12. The van der Waals surface area contributed by atoms with Gasteiger partial charge in [0.25, 0.3) is 17.5 Å². The van der Waals surface area contributed by atoms with Gasteiger partial charge in [-0.15, -0.1) is 0 Å². The van der Waals surface area contributed by atoms with Crippen molar-refractivity contribution in [3.05, 3.63) is 116 Å². The molecule has 0 unspecified atom stereocenters. The van der Waals surface area contributed by atoms with Gasteiger partial charge in [0.1, 0.15) is 5.69 Å². The van der Waals surface area contributed by atoms with Crippen LogP contribution < -0.4 is 16.1 Å². The highest BCUT2D eigenvalue weighted by atomic mass is 16.6. The number of carbonyl (C=O) groups is 2. The number of anilines is 1. The molecule has 2 N–H and O–H groups in total. The largest absolute Gasteiger partial charge is 0.459 e. The van der Waals surface area contributed by atoms with Crippen LogP contribution in [0, 0.1) is 17.0 Å². The lowest BCUT2D eigenvalue weighted by Crippen LogP contribution is -2.31. The molecule has 0 saturated carbocycles. The average molecular weight is 473 g/mol. The van der Waals surface area contributed by atoms with E-state index in [2.05, 4.69) is 15.7 Å². The highest BCUT2D eigenvalue weighted by Gasteiger charge is 2.20. The standard InChI is InChI=1S/C24H19N5O6/c1-15-12-20(30)22(27-28(15)18-8-2-3-9-19(18)29(33)34)24(32)25-14-16-6-4-7-17(13-16)26-23(31)21-10-5-11-35-21/h2-13H,14H2,1H3,(H,25,32)(H,26,31). The number of rotatable bonds is 7. The molecule has 11 heteroatoms. The number of nitro benzene ring substituents is 1. The monoisotopic (exact) mass is 473 g/mol. The maximum absolute atomic E-state index is 12.8. The van der Waals surface area contributed by atoms with Gasteiger partial charge >= 0.3 is 0 Å². The van der Waals surface area contributed by atoms with Crippen molar-refractivity contribution in [1.29, 1.82) is 0 Å². The highest BCUT2D eigenvalue weighted by molar-refractivity contribution is 6.02. The van der Waals surface area contributed by atoms with Gasteiger partial charge in [-0.05, 0) is 42.8 Å². The second-order valence-corrected chi connectivity index (χ2v) is 7.47. The molecule has 0 bridgehead atoms. The Bertz CT molecular complexity index is 1480. The van der Waals surface area contributed by atoms with Crippen molar-refractivity contribution < 1.29 is 18.9 Å². The number of hydrogen-bond acceptors (Lipinski definition) is 7. The van der Waals surface area contributed by atoms with Gasteiger partial charge in [-0.25, -0.2) is 4.68 Å². The van der Waals surface area contributed by atoms with E-state index in [-0.39, 0.29) is 23.7 Å². The first-order chi connectivity index (χ1) is 16.8. The number of hydrogen-bond donors (Lipinski definition) is 2. The summed E-state index contributed by atoms with van der Waals surface area (Å²) < 4.78 is 6.26. The quantitative estimate of drug-likeness (QED) is 0.309. The molecule has 0 aliphatic rings. The number of aryl methyl sites for hydroxylation is 1. The Hall–Kier alpha value is -5.06. The second kappa shape index (κ2) is 9.83. The topological polar surface area (TPSA) is 149 Å². The second-order valence-electron chi connectivity index (χ2n) is 7.47. The lowest BCUT2D eigenvalue weighted by atomic mass is 10.2. The minimum Gasteiger partial charge on any atom is -0.459 e. The van der Waals surface area contributed by atoms with Gasteiger partial charge in [-0.3, -0.25) is 24.5 Å². The molecule has 4 aromatic rings. The summed E-state index contributed by atoms with van der Waals surface area (Å²) in [7, 11) is 0. The SMILES string of the molecule is Cc1cc(=O)c(C(=O)NCc2cccc(NC(=O)c3ccco3)c2)nn1-c1ccccc1[N+](=O)[O-]. The first kappa shape index (κ1) is 23.1. The van der Waals surface area contributed by atoms with E-state index in [0.717, 1.165) is 0 Å². The van der Waals surface area contributed by atoms with E-state index in [1.807, 2.05) is 0 Å². The lowest BCUT2D eigenvalue weighted by molar-refractivity contribution is -0.384. The normalized spacial score (nSPS) is 10.5. The zero-order valence-electron chi connectivity index (χ0n) is 18.4. The predicted octanol–water partition coefficient (Wildman–Crippen LogP) is 3.22. The van der Waals surface area contributed by atoms with E-state index in [0.29, 0.717) is 16.9 Å². The summed E-state index contributed by atoms with van der Waals surface area (Å²) in [6.07, 6.45) is 1.39. The molecule has 0 aliphatic heterocycles. The third kappa shape index (κ3) is 5.14. The van der Waals surface area contributed by atoms with Gasteiger partial charge in [-0.2, -0.15) is 5.10 Å². The van der Waals surface area contributed by atoms with Crippen molar-refractivity contribution >= 4 is 23.2 Å². The first-order valence-corrected chi connectivity index (χ1v) is 10.4. The molecular formula is C24H19N5O6. The number of carbonyl (C=O) groups excluding carboxylic acids is 2. The molecule has 0 radical (unpaired) electrons. The van der Waals surface area contributed by atoms with Crippen molar-refractivity contribution in [1.82, 2.24) is 15.1 Å². The molecule has 4 rings (SSSR count). The molecule has 0 aliphatic carbocycles. The predicted molar refractivity (Wildman–Crippen MR) is 125 cm³/mol. The van der Waals surface area contributed by atoms with Crippen LogP contribution in [0.15, 0.2) is 82.2 Å². The number of nitrogens with one attached hydrogen (secondary N) is 2. The Morgan fingerprint density at radius 3 is 2.60 bits per heavy atom. The van der Waals surface area contributed by atoms with Crippen LogP contribution in [0.3, 0.4) is 0 Å². The third-order valence-corrected chi connectivity index (χ3v) is 5.01. The zero-order valence-corrected chi connectivity index (χ0v) is 18.4. The minimum atomic E-state index is -0.743. The van der Waals surface area contributed by atoms with Crippen LogP contribution in [0.25, 0.3) is 5.69 Å². The summed E-state index contributed by atoms with van der Waals surface area (Å²) in [6, 6.07) is 17.0. The van der Waals surface area contributed by atoms with E-state index in [1.54, 1.807) is 43.3 Å². The Labute approximate surface area is 198 Å². The summed E-state index contributed by atoms with van der Waals surface area (Å²) >= 11 is 0. The summed E-state index contributed by atoms with van der Waals surface area (Å²) in [5.74, 6) is -1.01. The third-order valence-electron chi connectivity index (χ3n) is 5.01. The number of furan rings is 1. The number of aromatic nitrogens is 2. The van der Waals surface area contributed by atoms with Crippen LogP contribution in [-0.4, -0.2) is 26.5 Å². The van der Waals surface area contributed by atoms with Crippen LogP contribution in [-0.2, 0) is 6.54 Å². The molecule has 0 fully saturated rings. The fourth-order valence-electron chi connectivity index (χ4n) is 3.37. The van der Waals surface area contributed by atoms with Gasteiger partial charge in [0, 0.05) is 30.1 Å². The molecule has 2 amide bonds. The Morgan fingerprint density at radius 2 is 1.86 bits per heavy atom. The Kier molecular flexibility index (Phi) is 6.49. The van der Waals surface area contributed by atoms with Gasteiger partial charge in [-0.1, -0.05) is 24.3 Å². The van der Waals surface area contributed by atoms with Gasteiger partial charge in [0.15, 0.2) is 11.5 Å². The number of amides is 2.